The van der Waals surface area contributed by atoms with Gasteiger partial charge in [0.1, 0.15) is 0 Å². The van der Waals surface area contributed by atoms with E-state index in [-0.39, 0.29) is 18.0 Å². The van der Waals surface area contributed by atoms with Crippen molar-refractivity contribution in [1.82, 2.24) is 10.6 Å². The Labute approximate surface area is 108 Å². The Bertz CT molecular complexity index is 364. The molecule has 1 aromatic carbocycles. The lowest BCUT2D eigenvalue weighted by Crippen LogP contribution is -2.41. The van der Waals surface area contributed by atoms with Gasteiger partial charge >= 0.3 is 0 Å². The number of carbonyl (C=O) groups excluding carboxylic acids is 1. The molecule has 0 saturated heterocycles. The van der Waals surface area contributed by atoms with E-state index in [0.29, 0.717) is 5.02 Å². The fourth-order valence-corrected chi connectivity index (χ4v) is 1.67. The van der Waals surface area contributed by atoms with Crippen LogP contribution in [-0.2, 0) is 4.79 Å². The summed E-state index contributed by atoms with van der Waals surface area (Å²) in [6.07, 6.45) is 0.851. The molecule has 2 N–H and O–H groups in total. The Morgan fingerprint density at radius 2 is 1.94 bits per heavy atom. The summed E-state index contributed by atoms with van der Waals surface area (Å²) < 4.78 is 0. The number of benzene rings is 1. The number of amides is 1. The predicted octanol–water partition coefficient (Wildman–Crippen LogP) is 2.52. The van der Waals surface area contributed by atoms with Gasteiger partial charge in [-0.25, -0.2) is 0 Å². The van der Waals surface area contributed by atoms with Crippen molar-refractivity contribution in [3.63, 3.8) is 0 Å². The van der Waals surface area contributed by atoms with Crippen LogP contribution in [0.1, 0.15) is 31.9 Å². The number of carbonyl (C=O) groups is 1. The first-order valence-corrected chi connectivity index (χ1v) is 6.19. The van der Waals surface area contributed by atoms with Gasteiger partial charge in [-0.3, -0.25) is 4.79 Å². The number of hydrogen-bond acceptors (Lipinski definition) is 2. The molecule has 0 aliphatic rings. The fourth-order valence-electron chi connectivity index (χ4n) is 1.54. The summed E-state index contributed by atoms with van der Waals surface area (Å²) in [5, 5.41) is 6.64. The summed E-state index contributed by atoms with van der Waals surface area (Å²) in [7, 11) is 1.77. The zero-order valence-electron chi connectivity index (χ0n) is 10.5. The van der Waals surface area contributed by atoms with Crippen LogP contribution in [0.3, 0.4) is 0 Å². The highest BCUT2D eigenvalue weighted by Gasteiger charge is 2.16. The topological polar surface area (TPSA) is 41.1 Å². The molecule has 0 bridgehead atoms. The molecule has 0 fully saturated rings. The molecular weight excluding hydrogens is 236 g/mol. The van der Waals surface area contributed by atoms with Gasteiger partial charge in [-0.1, -0.05) is 30.7 Å². The third-order valence-electron chi connectivity index (χ3n) is 2.82. The molecule has 0 radical (unpaired) electrons. The van der Waals surface area contributed by atoms with Gasteiger partial charge in [0.25, 0.3) is 0 Å². The molecule has 94 valence electrons. The summed E-state index contributed by atoms with van der Waals surface area (Å²) in [5.74, 6) is 0.00861. The van der Waals surface area contributed by atoms with E-state index < -0.39 is 0 Å². The van der Waals surface area contributed by atoms with Crippen LogP contribution in [0.4, 0.5) is 0 Å². The van der Waals surface area contributed by atoms with E-state index >= 15 is 0 Å². The van der Waals surface area contributed by atoms with Crippen molar-refractivity contribution in [3.8, 4) is 0 Å². The smallest absolute Gasteiger partial charge is 0.237 e. The number of hydrogen-bond donors (Lipinski definition) is 2. The first-order valence-electron chi connectivity index (χ1n) is 5.81. The normalized spacial score (nSPS) is 14.1. The largest absolute Gasteiger partial charge is 0.348 e. The molecule has 2 atom stereocenters. The second-order valence-electron chi connectivity index (χ2n) is 4.03. The van der Waals surface area contributed by atoms with Crippen molar-refractivity contribution in [2.45, 2.75) is 32.4 Å². The minimum Gasteiger partial charge on any atom is -0.348 e. The SMILES string of the molecule is CCC(NC(=O)C(C)NC)c1ccc(Cl)cc1. The van der Waals surface area contributed by atoms with E-state index in [1.165, 1.54) is 0 Å². The molecule has 0 spiro atoms. The Hall–Kier alpha value is -1.06. The Morgan fingerprint density at radius 3 is 2.41 bits per heavy atom. The van der Waals surface area contributed by atoms with Crippen LogP contribution in [0.2, 0.25) is 5.02 Å². The number of halogens is 1. The Kier molecular flexibility index (Phi) is 5.45. The molecule has 3 nitrogen and oxygen atoms in total. The van der Waals surface area contributed by atoms with E-state index in [1.54, 1.807) is 7.05 Å². The fraction of sp³-hybridized carbons (Fsp3) is 0.462. The third kappa shape index (κ3) is 4.02. The van der Waals surface area contributed by atoms with Crippen LogP contribution in [0, 0.1) is 0 Å². The van der Waals surface area contributed by atoms with Gasteiger partial charge < -0.3 is 10.6 Å². The summed E-state index contributed by atoms with van der Waals surface area (Å²) in [5.41, 5.74) is 1.08. The van der Waals surface area contributed by atoms with Gasteiger partial charge in [0.15, 0.2) is 0 Å². The van der Waals surface area contributed by atoms with Gasteiger partial charge in [-0.2, -0.15) is 0 Å². The molecule has 0 heterocycles. The van der Waals surface area contributed by atoms with Gasteiger partial charge in [0, 0.05) is 5.02 Å². The first-order chi connectivity index (χ1) is 8.08. The Balaban J connectivity index is 2.72. The number of likely N-dealkylation sites (N-methyl/N-ethyl adjacent to an activating group) is 1. The molecular formula is C13H19ClN2O. The van der Waals surface area contributed by atoms with E-state index in [2.05, 4.69) is 10.6 Å². The lowest BCUT2D eigenvalue weighted by Gasteiger charge is -2.20. The van der Waals surface area contributed by atoms with Crippen LogP contribution in [-0.4, -0.2) is 19.0 Å². The maximum atomic E-state index is 11.8. The maximum Gasteiger partial charge on any atom is 0.237 e. The van der Waals surface area contributed by atoms with Gasteiger partial charge in [-0.05, 0) is 38.1 Å². The molecule has 0 saturated carbocycles. The molecule has 2 unspecified atom stereocenters. The van der Waals surface area contributed by atoms with Crippen LogP contribution in [0.5, 0.6) is 0 Å². The van der Waals surface area contributed by atoms with Crippen molar-refractivity contribution < 1.29 is 4.79 Å². The van der Waals surface area contributed by atoms with Crippen molar-refractivity contribution in [3.05, 3.63) is 34.9 Å². The summed E-state index contributed by atoms with van der Waals surface area (Å²) in [4.78, 5) is 11.8. The summed E-state index contributed by atoms with van der Waals surface area (Å²) in [6.45, 7) is 3.88. The second kappa shape index (κ2) is 6.62. The van der Waals surface area contributed by atoms with Crippen molar-refractivity contribution in [1.29, 1.82) is 0 Å². The van der Waals surface area contributed by atoms with E-state index in [1.807, 2.05) is 38.1 Å². The highest BCUT2D eigenvalue weighted by atomic mass is 35.5. The minimum absolute atomic E-state index is 0.00861. The average Bonchev–Trinajstić information content (AvgIpc) is 2.35. The lowest BCUT2D eigenvalue weighted by molar-refractivity contribution is -0.123. The van der Waals surface area contributed by atoms with Gasteiger partial charge in [0.05, 0.1) is 12.1 Å². The first kappa shape index (κ1) is 14.0. The monoisotopic (exact) mass is 254 g/mol. The van der Waals surface area contributed by atoms with Crippen molar-refractivity contribution in [2.24, 2.45) is 0 Å². The predicted molar refractivity (Wildman–Crippen MR) is 71.1 cm³/mol. The molecule has 17 heavy (non-hydrogen) atoms. The molecule has 0 aliphatic carbocycles. The molecule has 1 rings (SSSR count). The standard InChI is InChI=1S/C13H19ClN2O/c1-4-12(16-13(17)9(2)15-3)10-5-7-11(14)8-6-10/h5-9,12,15H,4H2,1-3H3,(H,16,17). The van der Waals surface area contributed by atoms with Crippen molar-refractivity contribution in [2.75, 3.05) is 7.05 Å². The van der Waals surface area contributed by atoms with E-state index in [9.17, 15) is 4.79 Å². The third-order valence-corrected chi connectivity index (χ3v) is 3.08. The quantitative estimate of drug-likeness (QED) is 0.848. The number of nitrogens with one attached hydrogen (secondary N) is 2. The molecule has 0 aromatic heterocycles. The minimum atomic E-state index is -0.184. The molecule has 1 amide bonds. The van der Waals surface area contributed by atoms with Crippen LogP contribution < -0.4 is 10.6 Å². The highest BCUT2D eigenvalue weighted by Crippen LogP contribution is 2.19. The van der Waals surface area contributed by atoms with E-state index in [0.717, 1.165) is 12.0 Å². The zero-order valence-corrected chi connectivity index (χ0v) is 11.2. The Morgan fingerprint density at radius 1 is 1.35 bits per heavy atom. The van der Waals surface area contributed by atoms with E-state index in [4.69, 9.17) is 11.6 Å². The summed E-state index contributed by atoms with van der Waals surface area (Å²) >= 11 is 5.84. The molecule has 1 aromatic rings. The maximum absolute atomic E-state index is 11.8. The van der Waals surface area contributed by atoms with Crippen LogP contribution >= 0.6 is 11.6 Å². The molecule has 0 aliphatic heterocycles. The van der Waals surface area contributed by atoms with Gasteiger partial charge in [-0.15, -0.1) is 0 Å². The zero-order chi connectivity index (χ0) is 12.8. The van der Waals surface area contributed by atoms with Crippen LogP contribution in [0.15, 0.2) is 24.3 Å². The molecule has 4 heteroatoms. The lowest BCUT2D eigenvalue weighted by atomic mass is 10.0. The summed E-state index contributed by atoms with van der Waals surface area (Å²) in [6, 6.07) is 7.43. The van der Waals surface area contributed by atoms with Crippen LogP contribution in [0.25, 0.3) is 0 Å². The van der Waals surface area contributed by atoms with Crippen molar-refractivity contribution >= 4 is 17.5 Å². The highest BCUT2D eigenvalue weighted by molar-refractivity contribution is 6.30. The van der Waals surface area contributed by atoms with Gasteiger partial charge in [0.2, 0.25) is 5.91 Å². The number of rotatable bonds is 5. The average molecular weight is 255 g/mol. The second-order valence-corrected chi connectivity index (χ2v) is 4.47.